The first kappa shape index (κ1) is 20.2. The van der Waals surface area contributed by atoms with Crippen LogP contribution in [-0.4, -0.2) is 27.5 Å². The zero-order valence-electron chi connectivity index (χ0n) is 16.0. The zero-order valence-corrected chi connectivity index (χ0v) is 17.0. The van der Waals surface area contributed by atoms with Crippen LogP contribution in [0.2, 0.25) is 18.1 Å². The van der Waals surface area contributed by atoms with Crippen LogP contribution in [-0.2, 0) is 4.43 Å². The molecule has 1 saturated carbocycles. The average Bonchev–Trinajstić information content (AvgIpc) is 2.69. The van der Waals surface area contributed by atoms with Crippen LogP contribution < -0.4 is 5.32 Å². The van der Waals surface area contributed by atoms with E-state index in [2.05, 4.69) is 39.2 Å². The van der Waals surface area contributed by atoms with E-state index in [0.717, 1.165) is 12.6 Å². The second-order valence-corrected chi connectivity index (χ2v) is 13.5. The number of rotatable bonds is 9. The summed E-state index contributed by atoms with van der Waals surface area (Å²) in [6.45, 7) is 13.8. The van der Waals surface area contributed by atoms with E-state index in [1.54, 1.807) is 0 Å². The van der Waals surface area contributed by atoms with Gasteiger partial charge in [0.15, 0.2) is 8.32 Å². The number of nitrogens with one attached hydrogen (secondary N) is 1. The fourth-order valence-electron chi connectivity index (χ4n) is 2.91. The monoisotopic (exact) mass is 327 g/mol. The van der Waals surface area contributed by atoms with Gasteiger partial charge < -0.3 is 9.74 Å². The van der Waals surface area contributed by atoms with Gasteiger partial charge in [-0.2, -0.15) is 0 Å². The largest absolute Gasteiger partial charge is 0.417 e. The summed E-state index contributed by atoms with van der Waals surface area (Å²) in [6, 6.07) is 0.810. The molecule has 132 valence electrons. The molecule has 0 unspecified atom stereocenters. The van der Waals surface area contributed by atoms with Gasteiger partial charge in [0.2, 0.25) is 0 Å². The van der Waals surface area contributed by atoms with E-state index < -0.39 is 8.32 Å². The first-order valence-corrected chi connectivity index (χ1v) is 12.6. The Bertz CT molecular complexity index is 278. The molecule has 22 heavy (non-hydrogen) atoms. The summed E-state index contributed by atoms with van der Waals surface area (Å²) in [6.07, 6.45) is 13.8. The molecular formula is C19H41NOSi. The summed E-state index contributed by atoms with van der Waals surface area (Å²) in [5.41, 5.74) is 0. The van der Waals surface area contributed by atoms with Gasteiger partial charge >= 0.3 is 0 Å². The minimum atomic E-state index is -1.52. The summed E-state index contributed by atoms with van der Waals surface area (Å²) >= 11 is 0. The van der Waals surface area contributed by atoms with E-state index in [-0.39, 0.29) is 0 Å². The van der Waals surface area contributed by atoms with Crippen LogP contribution in [0.5, 0.6) is 0 Å². The number of unbranched alkanes of at least 4 members (excludes halogenated alkanes) is 3. The fourth-order valence-corrected chi connectivity index (χ4v) is 4.00. The molecule has 0 aliphatic heterocycles. The van der Waals surface area contributed by atoms with Crippen LogP contribution >= 0.6 is 0 Å². The normalized spacial score (nSPS) is 18.4. The number of hydrogen-bond donors (Lipinski definition) is 1. The highest BCUT2D eigenvalue weighted by molar-refractivity contribution is 6.74. The second kappa shape index (κ2) is 10.1. The molecule has 1 aliphatic rings. The first-order valence-electron chi connectivity index (χ1n) is 9.70. The second-order valence-electron chi connectivity index (χ2n) is 8.67. The van der Waals surface area contributed by atoms with Gasteiger partial charge in [0, 0.05) is 12.6 Å². The van der Waals surface area contributed by atoms with Crippen molar-refractivity contribution in [1.82, 2.24) is 5.32 Å². The Kier molecular flexibility index (Phi) is 9.26. The molecule has 0 saturated heterocycles. The summed E-state index contributed by atoms with van der Waals surface area (Å²) < 4.78 is 6.23. The minimum absolute atomic E-state index is 0.343. The lowest BCUT2D eigenvalue weighted by atomic mass is 10.1. The third-order valence-corrected chi connectivity index (χ3v) is 10.2. The van der Waals surface area contributed by atoms with Crippen LogP contribution in [0, 0.1) is 0 Å². The van der Waals surface area contributed by atoms with Crippen molar-refractivity contribution in [3.05, 3.63) is 0 Å². The molecule has 1 fully saturated rings. The van der Waals surface area contributed by atoms with E-state index in [4.69, 9.17) is 4.43 Å². The van der Waals surface area contributed by atoms with E-state index in [1.165, 1.54) is 70.8 Å². The van der Waals surface area contributed by atoms with Crippen LogP contribution in [0.4, 0.5) is 0 Å². The highest BCUT2D eigenvalue weighted by atomic mass is 28.4. The maximum atomic E-state index is 6.23. The predicted octanol–water partition coefficient (Wildman–Crippen LogP) is 5.88. The molecule has 1 rings (SSSR count). The Labute approximate surface area is 140 Å². The smallest absolute Gasteiger partial charge is 0.191 e. The fraction of sp³-hybridized carbons (Fsp3) is 1.00. The topological polar surface area (TPSA) is 21.3 Å². The number of hydrogen-bond acceptors (Lipinski definition) is 2. The predicted molar refractivity (Wildman–Crippen MR) is 101 cm³/mol. The molecule has 3 heteroatoms. The highest BCUT2D eigenvalue weighted by Gasteiger charge is 2.36. The Hall–Kier alpha value is 0.137. The quantitative estimate of drug-likeness (QED) is 0.324. The summed E-state index contributed by atoms with van der Waals surface area (Å²) in [7, 11) is -1.52. The third-order valence-electron chi connectivity index (χ3n) is 5.63. The highest BCUT2D eigenvalue weighted by Crippen LogP contribution is 2.36. The Balaban J connectivity index is 1.95. The van der Waals surface area contributed by atoms with Crippen molar-refractivity contribution in [1.29, 1.82) is 0 Å². The van der Waals surface area contributed by atoms with Crippen molar-refractivity contribution in [2.45, 2.75) is 109 Å². The molecule has 0 aromatic heterocycles. The first-order chi connectivity index (χ1) is 10.3. The van der Waals surface area contributed by atoms with Gasteiger partial charge in [-0.15, -0.1) is 0 Å². The average molecular weight is 328 g/mol. The summed E-state index contributed by atoms with van der Waals surface area (Å²) in [5, 5.41) is 4.12. The van der Waals surface area contributed by atoms with E-state index in [1.807, 2.05) is 0 Å². The Morgan fingerprint density at radius 3 is 2.09 bits per heavy atom. The van der Waals surface area contributed by atoms with Gasteiger partial charge in [-0.05, 0) is 50.4 Å². The lowest BCUT2D eigenvalue weighted by molar-refractivity contribution is 0.277. The van der Waals surface area contributed by atoms with Gasteiger partial charge in [-0.3, -0.25) is 0 Å². The molecule has 0 bridgehead atoms. The molecule has 0 atom stereocenters. The van der Waals surface area contributed by atoms with Gasteiger partial charge in [0.05, 0.1) is 0 Å². The van der Waals surface area contributed by atoms with Crippen molar-refractivity contribution >= 4 is 8.32 Å². The van der Waals surface area contributed by atoms with Crippen molar-refractivity contribution in [3.8, 4) is 0 Å². The van der Waals surface area contributed by atoms with Crippen molar-refractivity contribution < 1.29 is 4.43 Å². The van der Waals surface area contributed by atoms with E-state index >= 15 is 0 Å². The zero-order chi connectivity index (χ0) is 16.5. The summed E-state index contributed by atoms with van der Waals surface area (Å²) in [4.78, 5) is 0. The Morgan fingerprint density at radius 2 is 1.50 bits per heavy atom. The van der Waals surface area contributed by atoms with Gasteiger partial charge in [0.1, 0.15) is 0 Å². The molecule has 0 amide bonds. The van der Waals surface area contributed by atoms with Gasteiger partial charge in [-0.25, -0.2) is 0 Å². The van der Waals surface area contributed by atoms with Crippen molar-refractivity contribution in [3.63, 3.8) is 0 Å². The molecule has 0 heterocycles. The molecular weight excluding hydrogens is 286 g/mol. The standard InChI is InChI=1S/C19H41NOSi/c1-19(2,3)22(4,5)21-17-13-9-8-12-16-20-18-14-10-6-7-11-15-18/h18,20H,6-17H2,1-5H3. The molecule has 1 N–H and O–H groups in total. The van der Waals surface area contributed by atoms with Crippen LogP contribution in [0.25, 0.3) is 0 Å². The van der Waals surface area contributed by atoms with Crippen molar-refractivity contribution in [2.75, 3.05) is 13.2 Å². The molecule has 2 nitrogen and oxygen atoms in total. The van der Waals surface area contributed by atoms with Crippen LogP contribution in [0.3, 0.4) is 0 Å². The summed E-state index contributed by atoms with van der Waals surface area (Å²) in [5.74, 6) is 0. The Morgan fingerprint density at radius 1 is 0.909 bits per heavy atom. The maximum Gasteiger partial charge on any atom is 0.191 e. The van der Waals surface area contributed by atoms with Crippen LogP contribution in [0.1, 0.15) is 85.0 Å². The lowest BCUT2D eigenvalue weighted by Crippen LogP contribution is -2.40. The van der Waals surface area contributed by atoms with E-state index in [9.17, 15) is 0 Å². The molecule has 0 spiro atoms. The third kappa shape index (κ3) is 8.12. The van der Waals surface area contributed by atoms with Crippen LogP contribution in [0.15, 0.2) is 0 Å². The lowest BCUT2D eigenvalue weighted by Gasteiger charge is -2.36. The SMILES string of the molecule is CC(C)(C)[Si](C)(C)OCCCCCCNC1CCCCCC1. The van der Waals surface area contributed by atoms with Crippen molar-refractivity contribution in [2.24, 2.45) is 0 Å². The molecule has 0 aromatic carbocycles. The molecule has 1 aliphatic carbocycles. The minimum Gasteiger partial charge on any atom is -0.417 e. The maximum absolute atomic E-state index is 6.23. The van der Waals surface area contributed by atoms with E-state index in [0.29, 0.717) is 5.04 Å². The molecule has 0 radical (unpaired) electrons. The molecule has 0 aromatic rings. The van der Waals surface area contributed by atoms with Gasteiger partial charge in [0.25, 0.3) is 0 Å². The van der Waals surface area contributed by atoms with Gasteiger partial charge in [-0.1, -0.05) is 59.3 Å².